The third kappa shape index (κ3) is 6.05. The second kappa shape index (κ2) is 12.9. The predicted octanol–water partition coefficient (Wildman–Crippen LogP) is 8.52. The highest BCUT2D eigenvalue weighted by Crippen LogP contribution is 2.31. The molecule has 0 aliphatic carbocycles. The van der Waals surface area contributed by atoms with Gasteiger partial charge in [-0.05, 0) is 34.4 Å². The van der Waals surface area contributed by atoms with E-state index >= 15 is 0 Å². The van der Waals surface area contributed by atoms with Gasteiger partial charge in [-0.25, -0.2) is 19.9 Å². The van der Waals surface area contributed by atoms with Crippen molar-refractivity contribution < 1.29 is 0 Å². The molecule has 4 aromatic carbocycles. The summed E-state index contributed by atoms with van der Waals surface area (Å²) in [6.45, 7) is 0. The van der Waals surface area contributed by atoms with E-state index in [1.165, 1.54) is 0 Å². The Kier molecular flexibility index (Phi) is 7.70. The fourth-order valence-electron chi connectivity index (χ4n) is 5.43. The van der Waals surface area contributed by atoms with E-state index in [-0.39, 0.29) is 0 Å². The SMILES string of the molecule is c1ccc(-c2nc(-c3ccccc3)nc(-c3ccc(-c4ccc(-c5cc(-c6cnccn6)nc(-c6cnccn6)c5)cc4)cc3)n2)cc1. The molecule has 0 saturated heterocycles. The number of pyridine rings is 1. The van der Waals surface area contributed by atoms with Crippen LogP contribution in [-0.2, 0) is 0 Å². The molecule has 0 unspecified atom stereocenters. The number of hydrogen-bond acceptors (Lipinski definition) is 8. The van der Waals surface area contributed by atoms with E-state index in [2.05, 4.69) is 68.5 Å². The van der Waals surface area contributed by atoms with Crippen molar-refractivity contribution in [2.24, 2.45) is 0 Å². The minimum atomic E-state index is 0.625. The third-order valence-corrected chi connectivity index (χ3v) is 7.87. The van der Waals surface area contributed by atoms with Gasteiger partial charge in [0.2, 0.25) is 0 Å². The van der Waals surface area contributed by atoms with E-state index in [4.69, 9.17) is 19.9 Å². The molecule has 0 spiro atoms. The molecule has 8 heteroatoms. The predicted molar refractivity (Wildman–Crippen MR) is 187 cm³/mol. The van der Waals surface area contributed by atoms with Gasteiger partial charge in [-0.3, -0.25) is 19.9 Å². The van der Waals surface area contributed by atoms with Gasteiger partial charge in [-0.15, -0.1) is 0 Å². The number of aromatic nitrogens is 8. The Morgan fingerprint density at radius 2 is 0.667 bits per heavy atom. The van der Waals surface area contributed by atoms with Gasteiger partial charge in [0.25, 0.3) is 0 Å². The van der Waals surface area contributed by atoms with E-state index in [0.717, 1.165) is 38.9 Å². The second-order valence-corrected chi connectivity index (χ2v) is 11.0. The summed E-state index contributed by atoms with van der Waals surface area (Å²) >= 11 is 0. The van der Waals surface area contributed by atoms with Gasteiger partial charge in [0.15, 0.2) is 17.5 Å². The van der Waals surface area contributed by atoms with Crippen molar-refractivity contribution in [3.8, 4) is 79.2 Å². The van der Waals surface area contributed by atoms with Crippen LogP contribution in [0.15, 0.2) is 159 Å². The van der Waals surface area contributed by atoms with Gasteiger partial charge in [0.1, 0.15) is 11.4 Å². The van der Waals surface area contributed by atoms with Crippen molar-refractivity contribution in [3.63, 3.8) is 0 Å². The molecule has 0 aliphatic rings. The maximum absolute atomic E-state index is 4.86. The Hall–Kier alpha value is -6.80. The molecule has 4 heterocycles. The average Bonchev–Trinajstić information content (AvgIpc) is 3.19. The summed E-state index contributed by atoms with van der Waals surface area (Å²) in [5.41, 5.74) is 9.80. The van der Waals surface area contributed by atoms with Crippen LogP contribution in [0.4, 0.5) is 0 Å². The van der Waals surface area contributed by atoms with Crippen LogP contribution in [-0.4, -0.2) is 39.9 Å². The molecule has 0 amide bonds. The van der Waals surface area contributed by atoms with Crippen molar-refractivity contribution in [3.05, 3.63) is 159 Å². The van der Waals surface area contributed by atoms with Gasteiger partial charge in [-0.2, -0.15) is 0 Å². The van der Waals surface area contributed by atoms with E-state index in [1.54, 1.807) is 37.2 Å². The second-order valence-electron chi connectivity index (χ2n) is 11.0. The zero-order chi connectivity index (χ0) is 32.1. The molecule has 4 aromatic heterocycles. The monoisotopic (exact) mass is 618 g/mol. The lowest BCUT2D eigenvalue weighted by molar-refractivity contribution is 1.07. The van der Waals surface area contributed by atoms with E-state index < -0.39 is 0 Å². The Morgan fingerprint density at radius 3 is 1.06 bits per heavy atom. The summed E-state index contributed by atoms with van der Waals surface area (Å²) in [5, 5.41) is 0. The average molecular weight is 619 g/mol. The molecule has 0 fully saturated rings. The first-order valence-electron chi connectivity index (χ1n) is 15.4. The number of rotatable bonds is 7. The van der Waals surface area contributed by atoms with Crippen molar-refractivity contribution >= 4 is 0 Å². The maximum Gasteiger partial charge on any atom is 0.164 e. The van der Waals surface area contributed by atoms with Crippen LogP contribution in [0.5, 0.6) is 0 Å². The number of benzene rings is 4. The quantitative estimate of drug-likeness (QED) is 0.175. The third-order valence-electron chi connectivity index (χ3n) is 7.87. The molecule has 0 aliphatic heterocycles. The maximum atomic E-state index is 4.86. The molecular weight excluding hydrogens is 592 g/mol. The lowest BCUT2D eigenvalue weighted by Crippen LogP contribution is -2.00. The lowest BCUT2D eigenvalue weighted by Gasteiger charge is -2.10. The summed E-state index contributed by atoms with van der Waals surface area (Å²) < 4.78 is 0. The topological polar surface area (TPSA) is 103 Å². The van der Waals surface area contributed by atoms with E-state index in [0.29, 0.717) is 40.2 Å². The van der Waals surface area contributed by atoms with Crippen LogP contribution in [0.3, 0.4) is 0 Å². The largest absolute Gasteiger partial charge is 0.261 e. The molecule has 8 rings (SSSR count). The van der Waals surface area contributed by atoms with Crippen molar-refractivity contribution in [1.82, 2.24) is 39.9 Å². The first-order valence-corrected chi connectivity index (χ1v) is 15.4. The highest BCUT2D eigenvalue weighted by Gasteiger charge is 2.14. The van der Waals surface area contributed by atoms with Crippen LogP contribution >= 0.6 is 0 Å². The Morgan fingerprint density at radius 1 is 0.292 bits per heavy atom. The highest BCUT2D eigenvalue weighted by atomic mass is 15.0. The molecule has 0 radical (unpaired) electrons. The molecule has 0 N–H and O–H groups in total. The molecule has 0 saturated carbocycles. The number of nitrogens with zero attached hydrogens (tertiary/aromatic N) is 8. The van der Waals surface area contributed by atoms with E-state index in [1.807, 2.05) is 72.8 Å². The van der Waals surface area contributed by atoms with Gasteiger partial charge in [0.05, 0.1) is 23.8 Å². The van der Waals surface area contributed by atoms with Gasteiger partial charge in [0, 0.05) is 41.5 Å². The summed E-state index contributed by atoms with van der Waals surface area (Å²) in [6, 6.07) is 40.8. The minimum Gasteiger partial charge on any atom is -0.261 e. The van der Waals surface area contributed by atoms with E-state index in [9.17, 15) is 0 Å². The van der Waals surface area contributed by atoms with Crippen LogP contribution in [0.25, 0.3) is 79.2 Å². The zero-order valence-corrected chi connectivity index (χ0v) is 25.6. The van der Waals surface area contributed by atoms with Crippen LogP contribution < -0.4 is 0 Å². The molecule has 0 atom stereocenters. The summed E-state index contributed by atoms with van der Waals surface area (Å²) in [5.74, 6) is 1.90. The van der Waals surface area contributed by atoms with Gasteiger partial charge in [-0.1, -0.05) is 109 Å². The summed E-state index contributed by atoms with van der Waals surface area (Å²) in [6.07, 6.45) is 10.0. The normalized spacial score (nSPS) is 10.9. The van der Waals surface area contributed by atoms with Crippen molar-refractivity contribution in [2.75, 3.05) is 0 Å². The van der Waals surface area contributed by atoms with Crippen molar-refractivity contribution in [1.29, 1.82) is 0 Å². The standard InChI is InChI=1S/C40H26N8/c1-3-7-30(8-4-1)38-46-39(31-9-5-2-6-10-31)48-40(47-38)32-17-15-28(16-18-32)27-11-13-29(14-12-27)33-23-34(36-25-41-19-21-43-36)45-35(24-33)37-26-42-20-22-44-37/h1-26H. The summed E-state index contributed by atoms with van der Waals surface area (Å²) in [7, 11) is 0. The van der Waals surface area contributed by atoms with Crippen LogP contribution in [0, 0.1) is 0 Å². The van der Waals surface area contributed by atoms with Crippen LogP contribution in [0.1, 0.15) is 0 Å². The lowest BCUT2D eigenvalue weighted by atomic mass is 9.98. The first kappa shape index (κ1) is 28.7. The van der Waals surface area contributed by atoms with Gasteiger partial charge >= 0.3 is 0 Å². The van der Waals surface area contributed by atoms with Gasteiger partial charge < -0.3 is 0 Å². The molecule has 48 heavy (non-hydrogen) atoms. The Balaban J connectivity index is 1.11. The fraction of sp³-hybridized carbons (Fsp3) is 0. The number of hydrogen-bond donors (Lipinski definition) is 0. The Labute approximate surface area is 277 Å². The highest BCUT2D eigenvalue weighted by molar-refractivity contribution is 5.77. The summed E-state index contributed by atoms with van der Waals surface area (Å²) in [4.78, 5) is 36.7. The molecule has 0 bridgehead atoms. The molecule has 8 nitrogen and oxygen atoms in total. The fourth-order valence-corrected chi connectivity index (χ4v) is 5.43. The van der Waals surface area contributed by atoms with Crippen LogP contribution in [0.2, 0.25) is 0 Å². The Bertz CT molecular complexity index is 2010. The molecule has 8 aromatic rings. The smallest absolute Gasteiger partial charge is 0.164 e. The van der Waals surface area contributed by atoms with Crippen molar-refractivity contribution in [2.45, 2.75) is 0 Å². The minimum absolute atomic E-state index is 0.625. The molecular formula is C40H26N8. The molecule has 226 valence electrons. The first-order chi connectivity index (χ1) is 23.8. The zero-order valence-electron chi connectivity index (χ0n) is 25.6.